The standard InChI is InChI=1S/C13H18BrNO2/c1-17-10-4-5-11(12(14)7-10)13(16)9-3-2-6-15-8-9/h4-5,7,9,13,15-16H,2-3,6,8H2,1H3. The predicted molar refractivity (Wildman–Crippen MR) is 71.2 cm³/mol. The second-order valence-electron chi connectivity index (χ2n) is 4.44. The zero-order valence-corrected chi connectivity index (χ0v) is 11.5. The van der Waals surface area contributed by atoms with Gasteiger partial charge in [0.15, 0.2) is 0 Å². The Morgan fingerprint density at radius 3 is 2.94 bits per heavy atom. The highest BCUT2D eigenvalue weighted by molar-refractivity contribution is 9.10. The molecule has 1 saturated heterocycles. The third-order valence-electron chi connectivity index (χ3n) is 3.31. The molecule has 0 aliphatic carbocycles. The molecular formula is C13H18BrNO2. The SMILES string of the molecule is COc1ccc(C(O)C2CCCNC2)c(Br)c1. The Balaban J connectivity index is 2.15. The number of hydrogen-bond donors (Lipinski definition) is 2. The Morgan fingerprint density at radius 2 is 2.35 bits per heavy atom. The molecule has 0 saturated carbocycles. The third kappa shape index (κ3) is 3.00. The van der Waals surface area contributed by atoms with E-state index in [1.54, 1.807) is 7.11 Å². The van der Waals surface area contributed by atoms with E-state index in [1.165, 1.54) is 0 Å². The van der Waals surface area contributed by atoms with Crippen molar-refractivity contribution >= 4 is 15.9 Å². The molecule has 1 aliphatic heterocycles. The minimum atomic E-state index is -0.414. The Kier molecular flexibility index (Phi) is 4.42. The summed E-state index contributed by atoms with van der Waals surface area (Å²) in [5, 5.41) is 13.7. The van der Waals surface area contributed by atoms with Crippen LogP contribution in [0.1, 0.15) is 24.5 Å². The lowest BCUT2D eigenvalue weighted by Gasteiger charge is -2.28. The van der Waals surface area contributed by atoms with Gasteiger partial charge in [0.2, 0.25) is 0 Å². The van der Waals surface area contributed by atoms with Gasteiger partial charge in [-0.1, -0.05) is 22.0 Å². The van der Waals surface area contributed by atoms with Crippen molar-refractivity contribution in [1.82, 2.24) is 5.32 Å². The maximum atomic E-state index is 10.4. The summed E-state index contributed by atoms with van der Waals surface area (Å²) in [5.41, 5.74) is 0.944. The molecule has 3 nitrogen and oxygen atoms in total. The van der Waals surface area contributed by atoms with Crippen LogP contribution in [0.3, 0.4) is 0 Å². The van der Waals surface area contributed by atoms with Gasteiger partial charge < -0.3 is 15.2 Å². The number of piperidine rings is 1. The molecule has 1 aromatic rings. The number of benzene rings is 1. The predicted octanol–water partition coefficient (Wildman–Crippen LogP) is 2.49. The molecule has 1 heterocycles. The number of nitrogens with one attached hydrogen (secondary N) is 1. The van der Waals surface area contributed by atoms with E-state index in [9.17, 15) is 5.11 Å². The van der Waals surface area contributed by atoms with E-state index in [4.69, 9.17) is 4.74 Å². The number of hydrogen-bond acceptors (Lipinski definition) is 3. The fraction of sp³-hybridized carbons (Fsp3) is 0.538. The fourth-order valence-electron chi connectivity index (χ4n) is 2.28. The smallest absolute Gasteiger partial charge is 0.120 e. The Hall–Kier alpha value is -0.580. The number of rotatable bonds is 3. The van der Waals surface area contributed by atoms with Crippen LogP contribution in [0.2, 0.25) is 0 Å². The molecule has 2 atom stereocenters. The van der Waals surface area contributed by atoms with E-state index >= 15 is 0 Å². The molecule has 0 aromatic heterocycles. The summed E-state index contributed by atoms with van der Waals surface area (Å²) in [6.45, 7) is 1.95. The first-order chi connectivity index (χ1) is 8.22. The summed E-state index contributed by atoms with van der Waals surface area (Å²) in [6, 6.07) is 5.72. The van der Waals surface area contributed by atoms with Crippen molar-refractivity contribution in [3.8, 4) is 5.75 Å². The van der Waals surface area contributed by atoms with Crippen molar-refractivity contribution in [2.24, 2.45) is 5.92 Å². The number of halogens is 1. The fourth-order valence-corrected chi connectivity index (χ4v) is 2.87. The normalized spacial score (nSPS) is 22.2. The first kappa shape index (κ1) is 12.9. The maximum Gasteiger partial charge on any atom is 0.120 e. The van der Waals surface area contributed by atoms with Crippen molar-refractivity contribution in [3.63, 3.8) is 0 Å². The van der Waals surface area contributed by atoms with Crippen LogP contribution in [0, 0.1) is 5.92 Å². The van der Waals surface area contributed by atoms with E-state index in [-0.39, 0.29) is 0 Å². The summed E-state index contributed by atoms with van der Waals surface area (Å²) in [4.78, 5) is 0. The van der Waals surface area contributed by atoms with Gasteiger partial charge in [0.05, 0.1) is 13.2 Å². The molecule has 2 N–H and O–H groups in total. The summed E-state index contributed by atoms with van der Waals surface area (Å²) < 4.78 is 6.06. The molecule has 4 heteroatoms. The van der Waals surface area contributed by atoms with Gasteiger partial charge in [-0.05, 0) is 37.1 Å². The second-order valence-corrected chi connectivity index (χ2v) is 5.29. The lowest BCUT2D eigenvalue weighted by atomic mass is 9.89. The summed E-state index contributed by atoms with van der Waals surface area (Å²) in [7, 11) is 1.64. The van der Waals surface area contributed by atoms with Crippen molar-refractivity contribution < 1.29 is 9.84 Å². The average molecular weight is 300 g/mol. The van der Waals surface area contributed by atoms with E-state index in [0.717, 1.165) is 41.7 Å². The maximum absolute atomic E-state index is 10.4. The highest BCUT2D eigenvalue weighted by atomic mass is 79.9. The molecule has 0 spiro atoms. The van der Waals surface area contributed by atoms with Gasteiger partial charge in [0.1, 0.15) is 5.75 Å². The quantitative estimate of drug-likeness (QED) is 0.901. The molecule has 0 bridgehead atoms. The molecule has 1 aromatic carbocycles. The van der Waals surface area contributed by atoms with Crippen LogP contribution in [0.25, 0.3) is 0 Å². The molecule has 1 fully saturated rings. The minimum Gasteiger partial charge on any atom is -0.497 e. The average Bonchev–Trinajstić information content (AvgIpc) is 2.39. The first-order valence-corrected chi connectivity index (χ1v) is 6.74. The molecule has 0 radical (unpaired) electrons. The molecular weight excluding hydrogens is 282 g/mol. The van der Waals surface area contributed by atoms with Gasteiger partial charge in [-0.3, -0.25) is 0 Å². The number of methoxy groups -OCH3 is 1. The van der Waals surface area contributed by atoms with Gasteiger partial charge in [0, 0.05) is 16.9 Å². The molecule has 2 unspecified atom stereocenters. The Morgan fingerprint density at radius 1 is 1.53 bits per heavy atom. The molecule has 94 valence electrons. The summed E-state index contributed by atoms with van der Waals surface area (Å²) in [6.07, 6.45) is 1.80. The first-order valence-electron chi connectivity index (χ1n) is 5.94. The monoisotopic (exact) mass is 299 g/mol. The van der Waals surface area contributed by atoms with Crippen LogP contribution in [-0.4, -0.2) is 25.3 Å². The molecule has 17 heavy (non-hydrogen) atoms. The Bertz CT molecular complexity index is 378. The van der Waals surface area contributed by atoms with Gasteiger partial charge in [0.25, 0.3) is 0 Å². The van der Waals surface area contributed by atoms with Gasteiger partial charge in [-0.15, -0.1) is 0 Å². The van der Waals surface area contributed by atoms with Crippen molar-refractivity contribution in [2.75, 3.05) is 20.2 Å². The highest BCUT2D eigenvalue weighted by Gasteiger charge is 2.24. The lowest BCUT2D eigenvalue weighted by Crippen LogP contribution is -2.33. The number of ether oxygens (including phenoxy) is 1. The van der Waals surface area contributed by atoms with Crippen molar-refractivity contribution in [1.29, 1.82) is 0 Å². The van der Waals surface area contributed by atoms with Crippen LogP contribution in [0.15, 0.2) is 22.7 Å². The van der Waals surface area contributed by atoms with Crippen molar-refractivity contribution in [3.05, 3.63) is 28.2 Å². The van der Waals surface area contributed by atoms with Gasteiger partial charge in [-0.25, -0.2) is 0 Å². The summed E-state index contributed by atoms with van der Waals surface area (Å²) in [5.74, 6) is 1.10. The van der Waals surface area contributed by atoms with E-state index in [1.807, 2.05) is 18.2 Å². The highest BCUT2D eigenvalue weighted by Crippen LogP contribution is 2.33. The zero-order chi connectivity index (χ0) is 12.3. The third-order valence-corrected chi connectivity index (χ3v) is 3.99. The van der Waals surface area contributed by atoms with E-state index < -0.39 is 6.10 Å². The second kappa shape index (κ2) is 5.85. The van der Waals surface area contributed by atoms with Gasteiger partial charge >= 0.3 is 0 Å². The molecule has 1 aliphatic rings. The van der Waals surface area contributed by atoms with Crippen LogP contribution in [0.4, 0.5) is 0 Å². The molecule has 0 amide bonds. The topological polar surface area (TPSA) is 41.5 Å². The summed E-state index contributed by atoms with van der Waals surface area (Å²) >= 11 is 3.49. The number of aliphatic hydroxyl groups is 1. The van der Waals surface area contributed by atoms with E-state index in [0.29, 0.717) is 5.92 Å². The zero-order valence-electron chi connectivity index (χ0n) is 9.95. The molecule has 2 rings (SSSR count). The van der Waals surface area contributed by atoms with E-state index in [2.05, 4.69) is 21.2 Å². The lowest BCUT2D eigenvalue weighted by molar-refractivity contribution is 0.0915. The minimum absolute atomic E-state index is 0.299. The Labute approximate surface area is 110 Å². The van der Waals surface area contributed by atoms with Gasteiger partial charge in [-0.2, -0.15) is 0 Å². The largest absolute Gasteiger partial charge is 0.497 e. The van der Waals surface area contributed by atoms with Crippen LogP contribution in [0.5, 0.6) is 5.75 Å². The van der Waals surface area contributed by atoms with Crippen molar-refractivity contribution in [2.45, 2.75) is 18.9 Å². The number of aliphatic hydroxyl groups excluding tert-OH is 1. The van der Waals surface area contributed by atoms with Crippen LogP contribution >= 0.6 is 15.9 Å². The van der Waals surface area contributed by atoms with Crippen LogP contribution < -0.4 is 10.1 Å². The van der Waals surface area contributed by atoms with Crippen LogP contribution in [-0.2, 0) is 0 Å².